The Bertz CT molecular complexity index is 567. The van der Waals surface area contributed by atoms with Crippen LogP contribution >= 0.6 is 15.9 Å². The molecule has 0 unspecified atom stereocenters. The number of rotatable bonds is 5. The lowest BCUT2D eigenvalue weighted by Gasteiger charge is -2.08. The number of nitrogens with one attached hydrogen (secondary N) is 1. The second-order valence-corrected chi connectivity index (χ2v) is 5.97. The van der Waals surface area contributed by atoms with E-state index in [2.05, 4.69) is 45.1 Å². The third-order valence-corrected chi connectivity index (χ3v) is 3.15. The Morgan fingerprint density at radius 3 is 2.80 bits per heavy atom. The summed E-state index contributed by atoms with van der Waals surface area (Å²) in [6.45, 7) is 5.93. The monoisotopic (exact) mass is 337 g/mol. The minimum Gasteiger partial charge on any atom is -0.311 e. The van der Waals surface area contributed by atoms with Gasteiger partial charge in [-0.15, -0.1) is 0 Å². The molecular weight excluding hydrogens is 321 g/mol. The normalized spacial score (nSPS) is 11.1. The van der Waals surface area contributed by atoms with Crippen molar-refractivity contribution in [2.45, 2.75) is 20.4 Å². The molecule has 3 nitrogen and oxygen atoms in total. The van der Waals surface area contributed by atoms with Crippen LogP contribution in [-0.4, -0.2) is 16.5 Å². The van der Waals surface area contributed by atoms with Crippen LogP contribution in [0.25, 0.3) is 11.4 Å². The van der Waals surface area contributed by atoms with Crippen molar-refractivity contribution in [2.24, 2.45) is 5.92 Å². The third-order valence-electron chi connectivity index (χ3n) is 2.69. The fourth-order valence-electron chi connectivity index (χ4n) is 1.81. The predicted octanol–water partition coefficient (Wildman–Crippen LogP) is 3.79. The van der Waals surface area contributed by atoms with Gasteiger partial charge in [0.15, 0.2) is 5.82 Å². The van der Waals surface area contributed by atoms with Crippen LogP contribution < -0.4 is 5.32 Å². The zero-order chi connectivity index (χ0) is 14.5. The topological polar surface area (TPSA) is 37.8 Å². The Balaban J connectivity index is 2.16. The molecule has 0 aliphatic heterocycles. The Morgan fingerprint density at radius 2 is 2.10 bits per heavy atom. The first-order chi connectivity index (χ1) is 9.54. The average molecular weight is 338 g/mol. The van der Waals surface area contributed by atoms with Gasteiger partial charge < -0.3 is 5.32 Å². The SMILES string of the molecule is CC(C)CNCc1ccnc(-c2cc(F)cc(Br)c2)n1. The standard InChI is InChI=1S/C15H17BrFN3/c1-10(2)8-18-9-14-3-4-19-15(20-14)11-5-12(16)7-13(17)6-11/h3-7,10,18H,8-9H2,1-2H3. The fraction of sp³-hybridized carbons (Fsp3) is 0.333. The summed E-state index contributed by atoms with van der Waals surface area (Å²) in [4.78, 5) is 8.67. The van der Waals surface area contributed by atoms with E-state index in [9.17, 15) is 4.39 Å². The van der Waals surface area contributed by atoms with E-state index < -0.39 is 0 Å². The Hall–Kier alpha value is -1.33. The summed E-state index contributed by atoms with van der Waals surface area (Å²) in [5, 5.41) is 3.33. The number of halogens is 2. The summed E-state index contributed by atoms with van der Waals surface area (Å²) in [5.74, 6) is 0.825. The molecule has 0 spiro atoms. The lowest BCUT2D eigenvalue weighted by Crippen LogP contribution is -2.19. The van der Waals surface area contributed by atoms with E-state index in [-0.39, 0.29) is 5.82 Å². The molecule has 2 rings (SSSR count). The highest BCUT2D eigenvalue weighted by Gasteiger charge is 2.06. The van der Waals surface area contributed by atoms with E-state index in [1.807, 2.05) is 12.1 Å². The van der Waals surface area contributed by atoms with Gasteiger partial charge in [0.05, 0.1) is 5.69 Å². The summed E-state index contributed by atoms with van der Waals surface area (Å²) in [5.41, 5.74) is 1.57. The molecule has 0 bridgehead atoms. The summed E-state index contributed by atoms with van der Waals surface area (Å²) in [6.07, 6.45) is 1.70. The molecule has 5 heteroatoms. The van der Waals surface area contributed by atoms with Crippen molar-refractivity contribution in [3.8, 4) is 11.4 Å². The highest BCUT2D eigenvalue weighted by molar-refractivity contribution is 9.10. The zero-order valence-electron chi connectivity index (χ0n) is 11.5. The van der Waals surface area contributed by atoms with Gasteiger partial charge in [-0.3, -0.25) is 0 Å². The van der Waals surface area contributed by atoms with Gasteiger partial charge in [-0.05, 0) is 36.7 Å². The van der Waals surface area contributed by atoms with E-state index in [1.54, 1.807) is 6.20 Å². The molecule has 0 aliphatic rings. The number of hydrogen-bond donors (Lipinski definition) is 1. The first-order valence-electron chi connectivity index (χ1n) is 6.53. The summed E-state index contributed by atoms with van der Waals surface area (Å²) in [7, 11) is 0. The first-order valence-corrected chi connectivity index (χ1v) is 7.33. The zero-order valence-corrected chi connectivity index (χ0v) is 13.1. The van der Waals surface area contributed by atoms with Crippen LogP contribution in [0.4, 0.5) is 4.39 Å². The average Bonchev–Trinajstić information content (AvgIpc) is 2.37. The maximum atomic E-state index is 13.4. The number of nitrogens with zero attached hydrogens (tertiary/aromatic N) is 2. The molecule has 0 atom stereocenters. The molecule has 1 aromatic heterocycles. The molecule has 1 aromatic carbocycles. The van der Waals surface area contributed by atoms with Crippen LogP contribution in [0.15, 0.2) is 34.9 Å². The van der Waals surface area contributed by atoms with Crippen molar-refractivity contribution < 1.29 is 4.39 Å². The van der Waals surface area contributed by atoms with Gasteiger partial charge >= 0.3 is 0 Å². The van der Waals surface area contributed by atoms with Crippen LogP contribution in [0.1, 0.15) is 19.5 Å². The molecular formula is C15H17BrFN3. The lowest BCUT2D eigenvalue weighted by atomic mass is 10.2. The van der Waals surface area contributed by atoms with Crippen LogP contribution in [0.3, 0.4) is 0 Å². The van der Waals surface area contributed by atoms with Crippen LogP contribution in [0.2, 0.25) is 0 Å². The predicted molar refractivity (Wildman–Crippen MR) is 81.7 cm³/mol. The molecule has 106 valence electrons. The summed E-state index contributed by atoms with van der Waals surface area (Å²) in [6, 6.07) is 6.53. The van der Waals surface area contributed by atoms with E-state index in [1.165, 1.54) is 12.1 Å². The second-order valence-electron chi connectivity index (χ2n) is 5.05. The largest absolute Gasteiger partial charge is 0.311 e. The van der Waals surface area contributed by atoms with Gasteiger partial charge in [0, 0.05) is 22.8 Å². The van der Waals surface area contributed by atoms with Crippen molar-refractivity contribution in [3.63, 3.8) is 0 Å². The lowest BCUT2D eigenvalue weighted by molar-refractivity contribution is 0.548. The van der Waals surface area contributed by atoms with Crippen molar-refractivity contribution in [1.29, 1.82) is 0 Å². The summed E-state index contributed by atoms with van der Waals surface area (Å²) < 4.78 is 14.1. The number of hydrogen-bond acceptors (Lipinski definition) is 3. The molecule has 0 aliphatic carbocycles. The van der Waals surface area contributed by atoms with E-state index in [4.69, 9.17) is 0 Å². The molecule has 2 aromatic rings. The number of aromatic nitrogens is 2. The summed E-state index contributed by atoms with van der Waals surface area (Å²) >= 11 is 3.28. The fourth-order valence-corrected chi connectivity index (χ4v) is 2.27. The van der Waals surface area contributed by atoms with Gasteiger partial charge in [0.1, 0.15) is 5.82 Å². The van der Waals surface area contributed by atoms with Crippen molar-refractivity contribution in [3.05, 3.63) is 46.4 Å². The molecule has 0 radical (unpaired) electrons. The Labute approximate surface area is 126 Å². The smallest absolute Gasteiger partial charge is 0.159 e. The van der Waals surface area contributed by atoms with E-state index in [0.717, 1.165) is 12.2 Å². The molecule has 0 saturated heterocycles. The van der Waals surface area contributed by atoms with Gasteiger partial charge in [-0.25, -0.2) is 14.4 Å². The first kappa shape index (κ1) is 15.1. The van der Waals surface area contributed by atoms with Crippen LogP contribution in [-0.2, 0) is 6.54 Å². The van der Waals surface area contributed by atoms with Gasteiger partial charge in [-0.1, -0.05) is 29.8 Å². The highest BCUT2D eigenvalue weighted by atomic mass is 79.9. The third kappa shape index (κ3) is 4.35. The molecule has 1 heterocycles. The van der Waals surface area contributed by atoms with Crippen molar-refractivity contribution in [1.82, 2.24) is 15.3 Å². The van der Waals surface area contributed by atoms with E-state index >= 15 is 0 Å². The molecule has 20 heavy (non-hydrogen) atoms. The minimum absolute atomic E-state index is 0.304. The molecule has 0 amide bonds. The van der Waals surface area contributed by atoms with Crippen LogP contribution in [0, 0.1) is 11.7 Å². The van der Waals surface area contributed by atoms with E-state index in [0.29, 0.717) is 28.3 Å². The molecule has 1 N–H and O–H groups in total. The van der Waals surface area contributed by atoms with Gasteiger partial charge in [-0.2, -0.15) is 0 Å². The maximum Gasteiger partial charge on any atom is 0.159 e. The minimum atomic E-state index is -0.304. The van der Waals surface area contributed by atoms with Crippen LogP contribution in [0.5, 0.6) is 0 Å². The van der Waals surface area contributed by atoms with Crippen molar-refractivity contribution >= 4 is 15.9 Å². The van der Waals surface area contributed by atoms with Gasteiger partial charge in [0.25, 0.3) is 0 Å². The van der Waals surface area contributed by atoms with Gasteiger partial charge in [0.2, 0.25) is 0 Å². The Kier molecular flexibility index (Phi) is 5.20. The van der Waals surface area contributed by atoms with Crippen molar-refractivity contribution in [2.75, 3.05) is 6.54 Å². The Morgan fingerprint density at radius 1 is 1.30 bits per heavy atom. The molecule has 0 fully saturated rings. The highest BCUT2D eigenvalue weighted by Crippen LogP contribution is 2.21. The molecule has 0 saturated carbocycles. The quantitative estimate of drug-likeness (QED) is 0.901. The number of benzene rings is 1. The maximum absolute atomic E-state index is 13.4. The second kappa shape index (κ2) is 6.90.